The fourth-order valence-corrected chi connectivity index (χ4v) is 1.52. The standard InChI is InChI=1S/C12H17NO/c1-3-11(14)12(2,13)9-10-7-5-4-6-8-10/h4-8H,3,9,13H2,1-2H3. The van der Waals surface area contributed by atoms with Gasteiger partial charge in [0.05, 0.1) is 5.54 Å². The highest BCUT2D eigenvalue weighted by molar-refractivity contribution is 5.87. The van der Waals surface area contributed by atoms with Crippen LogP contribution in [0.15, 0.2) is 30.3 Å². The number of hydrogen-bond donors (Lipinski definition) is 1. The van der Waals surface area contributed by atoms with Crippen LogP contribution in [0.1, 0.15) is 25.8 Å². The predicted octanol–water partition coefficient (Wildman–Crippen LogP) is 1.93. The summed E-state index contributed by atoms with van der Waals surface area (Å²) >= 11 is 0. The molecule has 1 rings (SSSR count). The lowest BCUT2D eigenvalue weighted by atomic mass is 9.88. The SMILES string of the molecule is CCC(=O)C(C)(N)Cc1ccccc1. The van der Waals surface area contributed by atoms with Crippen LogP contribution in [-0.4, -0.2) is 11.3 Å². The first-order valence-corrected chi connectivity index (χ1v) is 4.92. The zero-order chi connectivity index (χ0) is 10.6. The molecule has 1 unspecified atom stereocenters. The molecule has 1 aromatic rings. The highest BCUT2D eigenvalue weighted by Crippen LogP contribution is 2.12. The molecule has 0 aliphatic heterocycles. The lowest BCUT2D eigenvalue weighted by molar-refractivity contribution is -0.123. The summed E-state index contributed by atoms with van der Waals surface area (Å²) in [5, 5.41) is 0. The van der Waals surface area contributed by atoms with Crippen LogP contribution < -0.4 is 5.73 Å². The van der Waals surface area contributed by atoms with E-state index in [0.29, 0.717) is 12.8 Å². The molecular weight excluding hydrogens is 174 g/mol. The van der Waals surface area contributed by atoms with E-state index in [0.717, 1.165) is 5.56 Å². The van der Waals surface area contributed by atoms with Crippen molar-refractivity contribution >= 4 is 5.78 Å². The molecule has 0 saturated heterocycles. The van der Waals surface area contributed by atoms with Gasteiger partial charge in [0.25, 0.3) is 0 Å². The van der Waals surface area contributed by atoms with Crippen molar-refractivity contribution in [2.75, 3.05) is 0 Å². The van der Waals surface area contributed by atoms with Gasteiger partial charge in [0.1, 0.15) is 0 Å². The number of carbonyl (C=O) groups is 1. The van der Waals surface area contributed by atoms with Crippen molar-refractivity contribution in [2.24, 2.45) is 5.73 Å². The van der Waals surface area contributed by atoms with Gasteiger partial charge < -0.3 is 5.73 Å². The largest absolute Gasteiger partial charge is 0.319 e. The first kappa shape index (κ1) is 10.9. The van der Waals surface area contributed by atoms with Gasteiger partial charge in [0.2, 0.25) is 0 Å². The Morgan fingerprint density at radius 2 is 1.93 bits per heavy atom. The Bertz CT molecular complexity index is 303. The first-order chi connectivity index (χ1) is 6.56. The third kappa shape index (κ3) is 2.67. The minimum absolute atomic E-state index is 0.112. The second kappa shape index (κ2) is 4.38. The molecule has 0 radical (unpaired) electrons. The van der Waals surface area contributed by atoms with E-state index >= 15 is 0 Å². The van der Waals surface area contributed by atoms with Crippen LogP contribution in [0.4, 0.5) is 0 Å². The van der Waals surface area contributed by atoms with Crippen LogP contribution in [0, 0.1) is 0 Å². The average molecular weight is 191 g/mol. The summed E-state index contributed by atoms with van der Waals surface area (Å²) in [6, 6.07) is 9.87. The molecule has 2 N–H and O–H groups in total. The number of ketones is 1. The lowest BCUT2D eigenvalue weighted by Crippen LogP contribution is -2.46. The van der Waals surface area contributed by atoms with Gasteiger partial charge in [-0.15, -0.1) is 0 Å². The van der Waals surface area contributed by atoms with E-state index in [2.05, 4.69) is 0 Å². The van der Waals surface area contributed by atoms with Crippen molar-refractivity contribution < 1.29 is 4.79 Å². The van der Waals surface area contributed by atoms with E-state index in [1.165, 1.54) is 0 Å². The van der Waals surface area contributed by atoms with Gasteiger partial charge in [0, 0.05) is 6.42 Å². The van der Waals surface area contributed by atoms with Crippen molar-refractivity contribution in [3.63, 3.8) is 0 Å². The molecule has 0 amide bonds. The molecular formula is C12H17NO. The zero-order valence-corrected chi connectivity index (χ0v) is 8.79. The van der Waals surface area contributed by atoms with Gasteiger partial charge in [-0.1, -0.05) is 37.3 Å². The van der Waals surface area contributed by atoms with Gasteiger partial charge in [0.15, 0.2) is 5.78 Å². The van der Waals surface area contributed by atoms with E-state index in [1.807, 2.05) is 37.3 Å². The molecule has 0 bridgehead atoms. The summed E-state index contributed by atoms with van der Waals surface area (Å²) < 4.78 is 0. The van der Waals surface area contributed by atoms with E-state index in [4.69, 9.17) is 5.73 Å². The minimum atomic E-state index is -0.726. The van der Waals surface area contributed by atoms with E-state index in [9.17, 15) is 4.79 Å². The normalized spacial score (nSPS) is 14.8. The number of nitrogens with two attached hydrogens (primary N) is 1. The van der Waals surface area contributed by atoms with Crippen molar-refractivity contribution in [3.8, 4) is 0 Å². The lowest BCUT2D eigenvalue weighted by Gasteiger charge is -2.22. The summed E-state index contributed by atoms with van der Waals surface area (Å²) in [7, 11) is 0. The maximum Gasteiger partial charge on any atom is 0.152 e. The van der Waals surface area contributed by atoms with Gasteiger partial charge in [-0.05, 0) is 18.9 Å². The van der Waals surface area contributed by atoms with Crippen LogP contribution in [0.5, 0.6) is 0 Å². The predicted molar refractivity (Wildman–Crippen MR) is 58.0 cm³/mol. The highest BCUT2D eigenvalue weighted by atomic mass is 16.1. The van der Waals surface area contributed by atoms with Gasteiger partial charge in [-0.2, -0.15) is 0 Å². The molecule has 0 aromatic heterocycles. The fraction of sp³-hybridized carbons (Fsp3) is 0.417. The number of rotatable bonds is 4. The average Bonchev–Trinajstić information content (AvgIpc) is 2.17. The summed E-state index contributed by atoms with van der Waals surface area (Å²) in [6.45, 7) is 3.64. The monoisotopic (exact) mass is 191 g/mol. The molecule has 76 valence electrons. The minimum Gasteiger partial charge on any atom is -0.319 e. The number of carbonyl (C=O) groups excluding carboxylic acids is 1. The zero-order valence-electron chi connectivity index (χ0n) is 8.79. The maximum absolute atomic E-state index is 11.5. The summed E-state index contributed by atoms with van der Waals surface area (Å²) in [5.41, 5.74) is 6.34. The Hall–Kier alpha value is -1.15. The van der Waals surface area contributed by atoms with Gasteiger partial charge >= 0.3 is 0 Å². The van der Waals surface area contributed by atoms with Crippen LogP contribution in [0.3, 0.4) is 0 Å². The van der Waals surface area contributed by atoms with Crippen molar-refractivity contribution in [1.82, 2.24) is 0 Å². The molecule has 2 nitrogen and oxygen atoms in total. The van der Waals surface area contributed by atoms with E-state index < -0.39 is 5.54 Å². The molecule has 2 heteroatoms. The smallest absolute Gasteiger partial charge is 0.152 e. The summed E-state index contributed by atoms with van der Waals surface area (Å²) in [6.07, 6.45) is 1.11. The molecule has 0 spiro atoms. The fourth-order valence-electron chi connectivity index (χ4n) is 1.52. The Morgan fingerprint density at radius 3 is 2.43 bits per heavy atom. The van der Waals surface area contributed by atoms with Crippen LogP contribution >= 0.6 is 0 Å². The Labute approximate surface area is 85.1 Å². The summed E-state index contributed by atoms with van der Waals surface area (Å²) in [5.74, 6) is 0.112. The Balaban J connectivity index is 2.73. The van der Waals surface area contributed by atoms with Gasteiger partial charge in [-0.3, -0.25) is 4.79 Å². The maximum atomic E-state index is 11.5. The van der Waals surface area contributed by atoms with Crippen LogP contribution in [0.2, 0.25) is 0 Å². The third-order valence-electron chi connectivity index (χ3n) is 2.37. The Kier molecular flexibility index (Phi) is 3.42. The quantitative estimate of drug-likeness (QED) is 0.790. The van der Waals surface area contributed by atoms with E-state index in [-0.39, 0.29) is 5.78 Å². The molecule has 1 aromatic carbocycles. The molecule has 0 fully saturated rings. The van der Waals surface area contributed by atoms with Gasteiger partial charge in [-0.25, -0.2) is 0 Å². The number of Topliss-reactive ketones (excluding diaryl/α,β-unsaturated/α-hetero) is 1. The number of hydrogen-bond acceptors (Lipinski definition) is 2. The van der Waals surface area contributed by atoms with Crippen LogP contribution in [-0.2, 0) is 11.2 Å². The van der Waals surface area contributed by atoms with Crippen molar-refractivity contribution in [3.05, 3.63) is 35.9 Å². The van der Waals surface area contributed by atoms with Crippen molar-refractivity contribution in [2.45, 2.75) is 32.2 Å². The number of benzene rings is 1. The Morgan fingerprint density at radius 1 is 1.36 bits per heavy atom. The van der Waals surface area contributed by atoms with Crippen molar-refractivity contribution in [1.29, 1.82) is 0 Å². The molecule has 0 aliphatic carbocycles. The van der Waals surface area contributed by atoms with E-state index in [1.54, 1.807) is 6.92 Å². The second-order valence-electron chi connectivity index (χ2n) is 3.86. The highest BCUT2D eigenvalue weighted by Gasteiger charge is 2.26. The van der Waals surface area contributed by atoms with Crippen LogP contribution in [0.25, 0.3) is 0 Å². The third-order valence-corrected chi connectivity index (χ3v) is 2.37. The second-order valence-corrected chi connectivity index (χ2v) is 3.86. The molecule has 0 saturated carbocycles. The molecule has 0 heterocycles. The molecule has 14 heavy (non-hydrogen) atoms. The topological polar surface area (TPSA) is 43.1 Å². The molecule has 0 aliphatic rings. The molecule has 1 atom stereocenters. The summed E-state index contributed by atoms with van der Waals surface area (Å²) in [4.78, 5) is 11.5. The first-order valence-electron chi connectivity index (χ1n) is 4.92.